The molecule has 0 rings (SSSR count). The van der Waals surface area contributed by atoms with Gasteiger partial charge in [-0.2, -0.15) is 0 Å². The molecule has 0 radical (unpaired) electrons. The molecule has 0 saturated carbocycles. The molecule has 1 unspecified atom stereocenters. The topological polar surface area (TPSA) is 12.5 Å². The van der Waals surface area contributed by atoms with Crippen molar-refractivity contribution in [1.29, 1.82) is 0 Å². The molecule has 0 aromatic carbocycles. The minimum Gasteiger partial charge on any atom is -0.366 e. The average molecular weight is 187 g/mol. The number of ether oxygens (including phenoxy) is 1. The van der Waals surface area contributed by atoms with Crippen molar-refractivity contribution in [2.75, 3.05) is 21.2 Å². The number of hydrogen-bond acceptors (Lipinski definition) is 2. The van der Waals surface area contributed by atoms with E-state index in [9.17, 15) is 0 Å². The number of hydrogen-bond donors (Lipinski definition) is 0. The molecule has 0 heterocycles. The van der Waals surface area contributed by atoms with Crippen LogP contribution in [0.15, 0.2) is 0 Å². The summed E-state index contributed by atoms with van der Waals surface area (Å²) in [5.74, 6) is 0. The molecule has 0 spiro atoms. The third-order valence-electron chi connectivity index (χ3n) is 2.40. The molecule has 13 heavy (non-hydrogen) atoms. The lowest BCUT2D eigenvalue weighted by Gasteiger charge is -2.22. The Kier molecular flexibility index (Phi) is 8.46. The Morgan fingerprint density at radius 3 is 2.15 bits per heavy atom. The van der Waals surface area contributed by atoms with Crippen LogP contribution in [-0.4, -0.2) is 32.3 Å². The Morgan fingerprint density at radius 1 is 1.08 bits per heavy atom. The quantitative estimate of drug-likeness (QED) is 0.428. The van der Waals surface area contributed by atoms with E-state index in [-0.39, 0.29) is 0 Å². The van der Waals surface area contributed by atoms with Gasteiger partial charge >= 0.3 is 0 Å². The predicted octanol–water partition coefficient (Wildman–Crippen LogP) is 2.88. The molecule has 2 heteroatoms. The van der Waals surface area contributed by atoms with Crippen LogP contribution in [0.3, 0.4) is 0 Å². The summed E-state index contributed by atoms with van der Waals surface area (Å²) in [5, 5.41) is 0. The smallest absolute Gasteiger partial charge is 0.109 e. The van der Waals surface area contributed by atoms with Crippen molar-refractivity contribution >= 4 is 0 Å². The SMILES string of the molecule is CCCCCCCC(OC)N(C)C. The van der Waals surface area contributed by atoms with E-state index in [2.05, 4.69) is 25.9 Å². The van der Waals surface area contributed by atoms with E-state index < -0.39 is 0 Å². The molecule has 0 aromatic rings. The second kappa shape index (κ2) is 8.52. The highest BCUT2D eigenvalue weighted by Crippen LogP contribution is 2.09. The highest BCUT2D eigenvalue weighted by atomic mass is 16.5. The molecule has 0 aliphatic heterocycles. The van der Waals surface area contributed by atoms with Gasteiger partial charge in [-0.1, -0.05) is 32.6 Å². The highest BCUT2D eigenvalue weighted by molar-refractivity contribution is 4.54. The minimum atomic E-state index is 0.307. The number of nitrogens with zero attached hydrogens (tertiary/aromatic N) is 1. The summed E-state index contributed by atoms with van der Waals surface area (Å²) in [5.41, 5.74) is 0. The molecule has 2 nitrogen and oxygen atoms in total. The van der Waals surface area contributed by atoms with Gasteiger partial charge in [0.1, 0.15) is 6.23 Å². The van der Waals surface area contributed by atoms with Gasteiger partial charge in [-0.25, -0.2) is 0 Å². The zero-order valence-electron chi connectivity index (χ0n) is 9.68. The van der Waals surface area contributed by atoms with E-state index >= 15 is 0 Å². The molecule has 0 bridgehead atoms. The largest absolute Gasteiger partial charge is 0.366 e. The van der Waals surface area contributed by atoms with Crippen LogP contribution in [-0.2, 0) is 4.74 Å². The summed E-state index contributed by atoms with van der Waals surface area (Å²) in [4.78, 5) is 2.14. The maximum atomic E-state index is 5.34. The van der Waals surface area contributed by atoms with E-state index in [1.54, 1.807) is 7.11 Å². The van der Waals surface area contributed by atoms with Gasteiger partial charge in [0.25, 0.3) is 0 Å². The molecular weight excluding hydrogens is 162 g/mol. The van der Waals surface area contributed by atoms with Gasteiger partial charge in [0.2, 0.25) is 0 Å². The summed E-state index contributed by atoms with van der Waals surface area (Å²) in [6, 6.07) is 0. The lowest BCUT2D eigenvalue weighted by atomic mass is 10.1. The molecule has 0 fully saturated rings. The highest BCUT2D eigenvalue weighted by Gasteiger charge is 2.07. The van der Waals surface area contributed by atoms with E-state index in [0.717, 1.165) is 6.42 Å². The van der Waals surface area contributed by atoms with Gasteiger partial charge in [-0.05, 0) is 26.9 Å². The van der Waals surface area contributed by atoms with Gasteiger partial charge < -0.3 is 4.74 Å². The fraction of sp³-hybridized carbons (Fsp3) is 1.00. The van der Waals surface area contributed by atoms with Crippen LogP contribution in [0, 0.1) is 0 Å². The molecule has 1 atom stereocenters. The molecule has 80 valence electrons. The zero-order valence-corrected chi connectivity index (χ0v) is 9.68. The van der Waals surface area contributed by atoms with Crippen LogP contribution < -0.4 is 0 Å². The van der Waals surface area contributed by atoms with Crippen LogP contribution in [0.1, 0.15) is 45.4 Å². The first-order valence-electron chi connectivity index (χ1n) is 5.41. The van der Waals surface area contributed by atoms with Crippen molar-refractivity contribution in [2.24, 2.45) is 0 Å². The summed E-state index contributed by atoms with van der Waals surface area (Å²) >= 11 is 0. The number of unbranched alkanes of at least 4 members (excludes halogenated alkanes) is 4. The van der Waals surface area contributed by atoms with Crippen LogP contribution in [0.5, 0.6) is 0 Å². The van der Waals surface area contributed by atoms with Gasteiger partial charge in [-0.15, -0.1) is 0 Å². The fourth-order valence-electron chi connectivity index (χ4n) is 1.51. The second-order valence-electron chi connectivity index (χ2n) is 3.86. The van der Waals surface area contributed by atoms with Gasteiger partial charge in [-0.3, -0.25) is 4.90 Å². The van der Waals surface area contributed by atoms with Crippen LogP contribution >= 0.6 is 0 Å². The first-order chi connectivity index (χ1) is 6.22. The van der Waals surface area contributed by atoms with Gasteiger partial charge in [0.05, 0.1) is 0 Å². The summed E-state index contributed by atoms with van der Waals surface area (Å²) in [6.07, 6.45) is 8.17. The summed E-state index contributed by atoms with van der Waals surface area (Å²) in [7, 11) is 5.93. The molecule has 0 aliphatic carbocycles. The predicted molar refractivity (Wildman–Crippen MR) is 57.9 cm³/mol. The molecule has 0 N–H and O–H groups in total. The third-order valence-corrected chi connectivity index (χ3v) is 2.40. The van der Waals surface area contributed by atoms with Crippen LogP contribution in [0.25, 0.3) is 0 Å². The molecular formula is C11H25NO. The van der Waals surface area contributed by atoms with Crippen molar-refractivity contribution in [3.05, 3.63) is 0 Å². The van der Waals surface area contributed by atoms with E-state index in [1.165, 1.54) is 32.1 Å². The van der Waals surface area contributed by atoms with Crippen LogP contribution in [0.4, 0.5) is 0 Å². The van der Waals surface area contributed by atoms with Crippen molar-refractivity contribution in [2.45, 2.75) is 51.7 Å². The Bertz CT molecular complexity index is 104. The Hall–Kier alpha value is -0.0800. The summed E-state index contributed by atoms with van der Waals surface area (Å²) < 4.78 is 5.34. The molecule has 0 saturated heterocycles. The second-order valence-corrected chi connectivity index (χ2v) is 3.86. The lowest BCUT2D eigenvalue weighted by molar-refractivity contribution is -0.0108. The molecule has 0 aromatic heterocycles. The van der Waals surface area contributed by atoms with Crippen molar-refractivity contribution in [3.8, 4) is 0 Å². The summed E-state index contributed by atoms with van der Waals surface area (Å²) in [6.45, 7) is 2.25. The standard InChI is InChI=1S/C11H25NO/c1-5-6-7-8-9-10-11(13-4)12(2)3/h11H,5-10H2,1-4H3. The van der Waals surface area contributed by atoms with Gasteiger partial charge in [0, 0.05) is 7.11 Å². The van der Waals surface area contributed by atoms with Crippen molar-refractivity contribution < 1.29 is 4.74 Å². The number of methoxy groups -OCH3 is 1. The molecule has 0 aliphatic rings. The van der Waals surface area contributed by atoms with Crippen LogP contribution in [0.2, 0.25) is 0 Å². The van der Waals surface area contributed by atoms with Gasteiger partial charge in [0.15, 0.2) is 0 Å². The van der Waals surface area contributed by atoms with Crippen molar-refractivity contribution in [3.63, 3.8) is 0 Å². The van der Waals surface area contributed by atoms with E-state index in [1.807, 2.05) is 0 Å². The monoisotopic (exact) mass is 187 g/mol. The lowest BCUT2D eigenvalue weighted by Crippen LogP contribution is -2.29. The Labute approximate surface area is 83.3 Å². The number of rotatable bonds is 8. The van der Waals surface area contributed by atoms with E-state index in [4.69, 9.17) is 4.74 Å². The maximum Gasteiger partial charge on any atom is 0.109 e. The minimum absolute atomic E-state index is 0.307. The first-order valence-corrected chi connectivity index (χ1v) is 5.41. The average Bonchev–Trinajstić information content (AvgIpc) is 2.10. The maximum absolute atomic E-state index is 5.34. The molecule has 0 amide bonds. The van der Waals surface area contributed by atoms with E-state index in [0.29, 0.717) is 6.23 Å². The Balaban J connectivity index is 3.28. The zero-order chi connectivity index (χ0) is 10.1. The van der Waals surface area contributed by atoms with Crippen molar-refractivity contribution in [1.82, 2.24) is 4.90 Å². The Morgan fingerprint density at radius 2 is 1.69 bits per heavy atom. The fourth-order valence-corrected chi connectivity index (χ4v) is 1.51. The third kappa shape index (κ3) is 7.03. The first kappa shape index (κ1) is 12.9. The normalized spacial score (nSPS) is 13.6.